The van der Waals surface area contributed by atoms with Gasteiger partial charge in [-0.2, -0.15) is 0 Å². The fraction of sp³-hybridized carbons (Fsp3) is 0.467. The molecule has 1 aromatic carbocycles. The van der Waals surface area contributed by atoms with Crippen LogP contribution in [0.3, 0.4) is 0 Å². The first-order chi connectivity index (χ1) is 9.41. The summed E-state index contributed by atoms with van der Waals surface area (Å²) in [4.78, 5) is 27.3. The lowest BCUT2D eigenvalue weighted by atomic mass is 9.80. The highest BCUT2D eigenvalue weighted by atomic mass is 16.5. The predicted molar refractivity (Wildman–Crippen MR) is 76.9 cm³/mol. The maximum Gasteiger partial charge on any atom is 0.413 e. The Morgan fingerprint density at radius 2 is 2.05 bits per heavy atom. The number of anilines is 1. The van der Waals surface area contributed by atoms with Gasteiger partial charge in [0, 0.05) is 20.6 Å². The number of carbonyl (C=O) groups is 2. The molecular weight excluding hydrogens is 256 g/mol. The Bertz CT molecular complexity index is 544. The van der Waals surface area contributed by atoms with Crippen LogP contribution in [-0.2, 0) is 14.9 Å². The summed E-state index contributed by atoms with van der Waals surface area (Å²) in [5.74, 6) is 0.0863. The second kappa shape index (κ2) is 5.15. The summed E-state index contributed by atoms with van der Waals surface area (Å²) >= 11 is 0. The minimum Gasteiger partial charge on any atom is -0.452 e. The Morgan fingerprint density at radius 3 is 2.60 bits per heavy atom. The number of benzene rings is 1. The molecule has 1 aliphatic rings. The second-order valence-electron chi connectivity index (χ2n) is 5.36. The third-order valence-electron chi connectivity index (χ3n) is 4.07. The van der Waals surface area contributed by atoms with Crippen LogP contribution in [0.1, 0.15) is 18.9 Å². The molecule has 5 nitrogen and oxygen atoms in total. The predicted octanol–water partition coefficient (Wildman–Crippen LogP) is 2.01. The molecule has 0 spiro atoms. The molecule has 5 heteroatoms. The molecule has 20 heavy (non-hydrogen) atoms. The number of amides is 2. The molecule has 1 fully saturated rings. The highest BCUT2D eigenvalue weighted by molar-refractivity contribution is 5.94. The fourth-order valence-corrected chi connectivity index (χ4v) is 2.74. The summed E-state index contributed by atoms with van der Waals surface area (Å²) < 4.78 is 4.76. The van der Waals surface area contributed by atoms with Gasteiger partial charge in [0.1, 0.15) is 0 Å². The Hall–Kier alpha value is -2.04. The Kier molecular flexibility index (Phi) is 3.70. The summed E-state index contributed by atoms with van der Waals surface area (Å²) in [5, 5.41) is 0. The van der Waals surface area contributed by atoms with Crippen molar-refractivity contribution in [3.05, 3.63) is 29.8 Å². The van der Waals surface area contributed by atoms with Crippen LogP contribution in [-0.4, -0.2) is 44.7 Å². The lowest BCUT2D eigenvalue weighted by Gasteiger charge is -2.28. The third kappa shape index (κ3) is 2.13. The average molecular weight is 276 g/mol. The number of likely N-dealkylation sites (N-methyl/N-ethyl adjacent to an activating group) is 1. The van der Waals surface area contributed by atoms with Crippen molar-refractivity contribution >= 4 is 17.7 Å². The first-order valence-corrected chi connectivity index (χ1v) is 6.58. The van der Waals surface area contributed by atoms with E-state index in [0.717, 1.165) is 18.5 Å². The standard InChI is InChI=1S/C15H20N2O3/c1-15(9-10-16(2)13(15)18)11-7-5-6-8-12(11)17(3)14(19)20-4/h5-8H,9-10H2,1-4H3. The second-order valence-corrected chi connectivity index (χ2v) is 5.36. The molecule has 1 atom stereocenters. The van der Waals surface area contributed by atoms with Gasteiger partial charge in [-0.05, 0) is 25.0 Å². The van der Waals surface area contributed by atoms with Crippen molar-refractivity contribution in [2.45, 2.75) is 18.8 Å². The summed E-state index contributed by atoms with van der Waals surface area (Å²) in [6.45, 7) is 2.66. The van der Waals surface area contributed by atoms with E-state index in [9.17, 15) is 9.59 Å². The number of ether oxygens (including phenoxy) is 1. The van der Waals surface area contributed by atoms with Crippen molar-refractivity contribution in [3.63, 3.8) is 0 Å². The molecule has 108 valence electrons. The normalized spacial score (nSPS) is 22.0. The Labute approximate surface area is 119 Å². The largest absolute Gasteiger partial charge is 0.452 e. The average Bonchev–Trinajstić information content (AvgIpc) is 2.74. The minimum absolute atomic E-state index is 0.0863. The van der Waals surface area contributed by atoms with E-state index in [1.807, 2.05) is 31.2 Å². The van der Waals surface area contributed by atoms with E-state index in [1.165, 1.54) is 12.0 Å². The zero-order valence-corrected chi connectivity index (χ0v) is 12.3. The molecule has 1 aliphatic heterocycles. The van der Waals surface area contributed by atoms with Crippen molar-refractivity contribution in [2.24, 2.45) is 0 Å². The van der Waals surface area contributed by atoms with Crippen molar-refractivity contribution in [1.82, 2.24) is 4.90 Å². The molecule has 2 amide bonds. The molecule has 1 heterocycles. The SMILES string of the molecule is COC(=O)N(C)c1ccccc1C1(C)CCN(C)C1=O. The van der Waals surface area contributed by atoms with E-state index in [1.54, 1.807) is 19.0 Å². The van der Waals surface area contributed by atoms with Crippen LogP contribution in [0, 0.1) is 0 Å². The highest BCUT2D eigenvalue weighted by Crippen LogP contribution is 2.39. The molecule has 0 aromatic heterocycles. The number of hydrogen-bond donors (Lipinski definition) is 0. The summed E-state index contributed by atoms with van der Waals surface area (Å²) in [7, 11) is 4.80. The van der Waals surface area contributed by atoms with E-state index in [4.69, 9.17) is 4.74 Å². The quantitative estimate of drug-likeness (QED) is 0.830. The smallest absolute Gasteiger partial charge is 0.413 e. The van der Waals surface area contributed by atoms with Gasteiger partial charge in [0.15, 0.2) is 0 Å². The highest BCUT2D eigenvalue weighted by Gasteiger charge is 2.44. The topological polar surface area (TPSA) is 49.9 Å². The van der Waals surface area contributed by atoms with Crippen molar-refractivity contribution in [3.8, 4) is 0 Å². The van der Waals surface area contributed by atoms with Gasteiger partial charge in [-0.1, -0.05) is 18.2 Å². The van der Waals surface area contributed by atoms with Crippen LogP contribution in [0.25, 0.3) is 0 Å². The molecular formula is C15H20N2O3. The Balaban J connectivity index is 2.48. The van der Waals surface area contributed by atoms with Gasteiger partial charge in [-0.25, -0.2) is 4.79 Å². The van der Waals surface area contributed by atoms with Gasteiger partial charge >= 0.3 is 6.09 Å². The van der Waals surface area contributed by atoms with Crippen molar-refractivity contribution in [2.75, 3.05) is 32.6 Å². The van der Waals surface area contributed by atoms with Gasteiger partial charge < -0.3 is 9.64 Å². The van der Waals surface area contributed by atoms with Gasteiger partial charge in [-0.15, -0.1) is 0 Å². The van der Waals surface area contributed by atoms with E-state index >= 15 is 0 Å². The molecule has 1 saturated heterocycles. The molecule has 0 aliphatic carbocycles. The van der Waals surface area contributed by atoms with Crippen LogP contribution in [0.5, 0.6) is 0 Å². The van der Waals surface area contributed by atoms with E-state index in [-0.39, 0.29) is 5.91 Å². The van der Waals surface area contributed by atoms with Crippen LogP contribution in [0.15, 0.2) is 24.3 Å². The number of carbonyl (C=O) groups excluding carboxylic acids is 2. The maximum absolute atomic E-state index is 12.4. The fourth-order valence-electron chi connectivity index (χ4n) is 2.74. The minimum atomic E-state index is -0.590. The van der Waals surface area contributed by atoms with Gasteiger partial charge in [0.25, 0.3) is 0 Å². The van der Waals surface area contributed by atoms with E-state index in [2.05, 4.69) is 0 Å². The van der Waals surface area contributed by atoms with Gasteiger partial charge in [0.2, 0.25) is 5.91 Å². The van der Waals surface area contributed by atoms with Crippen LogP contribution in [0.4, 0.5) is 10.5 Å². The van der Waals surface area contributed by atoms with E-state index in [0.29, 0.717) is 5.69 Å². The van der Waals surface area contributed by atoms with Gasteiger partial charge in [0.05, 0.1) is 18.2 Å². The molecule has 2 rings (SSSR count). The summed E-state index contributed by atoms with van der Waals surface area (Å²) in [5.41, 5.74) is 0.987. The number of para-hydroxylation sites is 1. The Morgan fingerprint density at radius 1 is 1.40 bits per heavy atom. The molecule has 1 aromatic rings. The summed E-state index contributed by atoms with van der Waals surface area (Å²) in [6.07, 6.45) is 0.300. The first kappa shape index (κ1) is 14.4. The van der Waals surface area contributed by atoms with Crippen LogP contribution >= 0.6 is 0 Å². The molecule has 0 radical (unpaired) electrons. The van der Waals surface area contributed by atoms with Gasteiger partial charge in [-0.3, -0.25) is 9.69 Å². The lowest BCUT2D eigenvalue weighted by Crippen LogP contribution is -2.36. The molecule has 0 saturated carbocycles. The summed E-state index contributed by atoms with van der Waals surface area (Å²) in [6, 6.07) is 7.49. The van der Waals surface area contributed by atoms with E-state index < -0.39 is 11.5 Å². The molecule has 0 N–H and O–H groups in total. The van der Waals surface area contributed by atoms with Crippen LogP contribution < -0.4 is 4.90 Å². The lowest BCUT2D eigenvalue weighted by molar-refractivity contribution is -0.130. The first-order valence-electron chi connectivity index (χ1n) is 6.58. The number of likely N-dealkylation sites (tertiary alicyclic amines) is 1. The monoisotopic (exact) mass is 276 g/mol. The molecule has 0 bridgehead atoms. The number of hydrogen-bond acceptors (Lipinski definition) is 3. The van der Waals surface area contributed by atoms with Crippen molar-refractivity contribution < 1.29 is 14.3 Å². The number of methoxy groups -OCH3 is 1. The maximum atomic E-state index is 12.4. The third-order valence-corrected chi connectivity index (χ3v) is 4.07. The molecule has 1 unspecified atom stereocenters. The van der Waals surface area contributed by atoms with Crippen molar-refractivity contribution in [1.29, 1.82) is 0 Å². The number of rotatable bonds is 2. The van der Waals surface area contributed by atoms with Crippen LogP contribution in [0.2, 0.25) is 0 Å². The number of nitrogens with zero attached hydrogens (tertiary/aromatic N) is 2. The zero-order chi connectivity index (χ0) is 14.9. The zero-order valence-electron chi connectivity index (χ0n) is 12.3.